The molecule has 1 aromatic carbocycles. The number of nitrogens with one attached hydrogen (secondary N) is 1. The SMILES string of the molecule is O=C1O[C@@H](CNS(=O)(=O)c2cccnc2)CN1c1ccccc1. The van der Waals surface area contributed by atoms with Crippen LogP contribution in [-0.2, 0) is 14.8 Å². The Morgan fingerprint density at radius 3 is 2.70 bits per heavy atom. The molecule has 1 aliphatic heterocycles. The molecule has 3 rings (SSSR count). The first-order valence-electron chi connectivity index (χ1n) is 6.99. The smallest absolute Gasteiger partial charge is 0.414 e. The molecule has 23 heavy (non-hydrogen) atoms. The van der Waals surface area contributed by atoms with Crippen LogP contribution in [0.3, 0.4) is 0 Å². The highest BCUT2D eigenvalue weighted by molar-refractivity contribution is 7.89. The number of hydrogen-bond acceptors (Lipinski definition) is 5. The quantitative estimate of drug-likeness (QED) is 0.893. The minimum absolute atomic E-state index is 0.00625. The molecule has 1 aliphatic rings. The number of pyridine rings is 1. The Kier molecular flexibility index (Phi) is 4.26. The van der Waals surface area contributed by atoms with E-state index < -0.39 is 22.2 Å². The maximum Gasteiger partial charge on any atom is 0.414 e. The first kappa shape index (κ1) is 15.4. The van der Waals surface area contributed by atoms with Gasteiger partial charge in [-0.2, -0.15) is 0 Å². The van der Waals surface area contributed by atoms with Crippen molar-refractivity contribution < 1.29 is 17.9 Å². The van der Waals surface area contributed by atoms with Crippen molar-refractivity contribution >= 4 is 21.8 Å². The van der Waals surface area contributed by atoms with Gasteiger partial charge in [0.1, 0.15) is 11.0 Å². The zero-order valence-electron chi connectivity index (χ0n) is 12.1. The maximum absolute atomic E-state index is 12.1. The molecule has 1 atom stereocenters. The number of amides is 1. The molecule has 0 bridgehead atoms. The predicted octanol–water partition coefficient (Wildman–Crippen LogP) is 1.39. The van der Waals surface area contributed by atoms with E-state index in [4.69, 9.17) is 4.74 Å². The summed E-state index contributed by atoms with van der Waals surface area (Å²) in [5, 5.41) is 0. The van der Waals surface area contributed by atoms with E-state index in [0.29, 0.717) is 6.54 Å². The predicted molar refractivity (Wildman–Crippen MR) is 83.5 cm³/mol. The van der Waals surface area contributed by atoms with Crippen LogP contribution in [0.2, 0.25) is 0 Å². The standard InChI is InChI=1S/C15H15N3O4S/c19-15-18(12-5-2-1-3-6-12)11-13(22-15)9-17-23(20,21)14-7-4-8-16-10-14/h1-8,10,13,17H,9,11H2/t13-/m0/s1. The fourth-order valence-corrected chi connectivity index (χ4v) is 3.27. The van der Waals surface area contributed by atoms with Gasteiger partial charge in [-0.1, -0.05) is 18.2 Å². The molecular weight excluding hydrogens is 318 g/mol. The second kappa shape index (κ2) is 6.35. The molecule has 1 amide bonds. The number of benzene rings is 1. The first-order valence-corrected chi connectivity index (χ1v) is 8.47. The van der Waals surface area contributed by atoms with Crippen molar-refractivity contribution in [2.75, 3.05) is 18.0 Å². The van der Waals surface area contributed by atoms with Gasteiger partial charge in [0.05, 0.1) is 6.54 Å². The number of carbonyl (C=O) groups excluding carboxylic acids is 1. The highest BCUT2D eigenvalue weighted by Crippen LogP contribution is 2.21. The number of aromatic nitrogens is 1. The molecule has 0 aliphatic carbocycles. The summed E-state index contributed by atoms with van der Waals surface area (Å²) < 4.78 is 31.9. The summed E-state index contributed by atoms with van der Waals surface area (Å²) in [4.78, 5) is 17.2. The average molecular weight is 333 g/mol. The number of para-hydroxylation sites is 1. The Bertz CT molecular complexity index is 781. The van der Waals surface area contributed by atoms with Crippen LogP contribution in [0.4, 0.5) is 10.5 Å². The van der Waals surface area contributed by atoms with Crippen molar-refractivity contribution in [2.24, 2.45) is 0 Å². The van der Waals surface area contributed by atoms with Gasteiger partial charge in [0.25, 0.3) is 0 Å². The molecule has 0 radical (unpaired) electrons. The van der Waals surface area contributed by atoms with Gasteiger partial charge in [0, 0.05) is 24.6 Å². The molecule has 1 saturated heterocycles. The maximum atomic E-state index is 12.1. The average Bonchev–Trinajstić information content (AvgIpc) is 2.96. The second-order valence-corrected chi connectivity index (χ2v) is 6.76. The van der Waals surface area contributed by atoms with Gasteiger partial charge in [0.2, 0.25) is 10.0 Å². The second-order valence-electron chi connectivity index (χ2n) is 4.99. The number of sulfonamides is 1. The Morgan fingerprint density at radius 1 is 1.22 bits per heavy atom. The van der Waals surface area contributed by atoms with E-state index in [0.717, 1.165) is 5.69 Å². The van der Waals surface area contributed by atoms with Crippen molar-refractivity contribution in [2.45, 2.75) is 11.0 Å². The van der Waals surface area contributed by atoms with Crippen LogP contribution in [0.15, 0.2) is 59.8 Å². The molecule has 2 heterocycles. The number of cyclic esters (lactones) is 1. The molecule has 1 N–H and O–H groups in total. The molecule has 1 aromatic heterocycles. The summed E-state index contributed by atoms with van der Waals surface area (Å²) in [5.41, 5.74) is 0.718. The van der Waals surface area contributed by atoms with Gasteiger partial charge in [0.15, 0.2) is 0 Å². The normalized spacial score (nSPS) is 18.0. The molecule has 0 unspecified atom stereocenters. The van der Waals surface area contributed by atoms with E-state index in [9.17, 15) is 13.2 Å². The molecule has 7 nitrogen and oxygen atoms in total. The van der Waals surface area contributed by atoms with Crippen LogP contribution in [0, 0.1) is 0 Å². The van der Waals surface area contributed by atoms with Gasteiger partial charge in [-0.15, -0.1) is 0 Å². The summed E-state index contributed by atoms with van der Waals surface area (Å²) in [6.45, 7) is 0.296. The minimum Gasteiger partial charge on any atom is -0.443 e. The largest absolute Gasteiger partial charge is 0.443 e. The zero-order valence-corrected chi connectivity index (χ0v) is 12.9. The lowest BCUT2D eigenvalue weighted by Crippen LogP contribution is -2.34. The van der Waals surface area contributed by atoms with E-state index in [1.165, 1.54) is 23.4 Å². The van der Waals surface area contributed by atoms with E-state index in [1.807, 2.05) is 18.2 Å². The topological polar surface area (TPSA) is 88.6 Å². The summed E-state index contributed by atoms with van der Waals surface area (Å²) in [5.74, 6) is 0. The number of rotatable bonds is 5. The van der Waals surface area contributed by atoms with Crippen LogP contribution < -0.4 is 9.62 Å². The molecule has 0 saturated carbocycles. The number of ether oxygens (including phenoxy) is 1. The number of hydrogen-bond donors (Lipinski definition) is 1. The molecule has 8 heteroatoms. The summed E-state index contributed by atoms with van der Waals surface area (Å²) >= 11 is 0. The van der Waals surface area contributed by atoms with Crippen molar-refractivity contribution in [3.05, 3.63) is 54.9 Å². The van der Waals surface area contributed by atoms with Gasteiger partial charge in [-0.05, 0) is 24.3 Å². The molecule has 1 fully saturated rings. The fraction of sp³-hybridized carbons (Fsp3) is 0.200. The van der Waals surface area contributed by atoms with Crippen molar-refractivity contribution in [1.29, 1.82) is 0 Å². The lowest BCUT2D eigenvalue weighted by Gasteiger charge is -2.12. The van der Waals surface area contributed by atoms with Crippen LogP contribution >= 0.6 is 0 Å². The van der Waals surface area contributed by atoms with Crippen molar-refractivity contribution in [3.8, 4) is 0 Å². The lowest BCUT2D eigenvalue weighted by molar-refractivity contribution is 0.143. The monoisotopic (exact) mass is 333 g/mol. The van der Waals surface area contributed by atoms with Crippen LogP contribution in [0.25, 0.3) is 0 Å². The van der Waals surface area contributed by atoms with Gasteiger partial charge in [-0.3, -0.25) is 9.88 Å². The number of nitrogens with zero attached hydrogens (tertiary/aromatic N) is 2. The van der Waals surface area contributed by atoms with Crippen LogP contribution in [0.5, 0.6) is 0 Å². The third-order valence-electron chi connectivity index (χ3n) is 3.39. The van der Waals surface area contributed by atoms with Gasteiger partial charge in [-0.25, -0.2) is 17.9 Å². The molecule has 0 spiro atoms. The minimum atomic E-state index is -3.67. The molecule has 120 valence electrons. The lowest BCUT2D eigenvalue weighted by atomic mass is 10.3. The third-order valence-corrected chi connectivity index (χ3v) is 4.80. The summed E-state index contributed by atoms with van der Waals surface area (Å²) in [7, 11) is -3.67. The van der Waals surface area contributed by atoms with Gasteiger partial charge < -0.3 is 4.74 Å². The summed E-state index contributed by atoms with van der Waals surface area (Å²) in [6.07, 6.45) is 1.73. The highest BCUT2D eigenvalue weighted by Gasteiger charge is 2.33. The van der Waals surface area contributed by atoms with E-state index in [1.54, 1.807) is 18.2 Å². The fourth-order valence-electron chi connectivity index (χ4n) is 2.24. The zero-order chi connectivity index (χ0) is 16.3. The molecular formula is C15H15N3O4S. The van der Waals surface area contributed by atoms with E-state index >= 15 is 0 Å². The van der Waals surface area contributed by atoms with Crippen LogP contribution in [-0.4, -0.2) is 38.7 Å². The third kappa shape index (κ3) is 3.49. The Labute approximate surface area is 134 Å². The van der Waals surface area contributed by atoms with Gasteiger partial charge >= 0.3 is 6.09 Å². The summed E-state index contributed by atoms with van der Waals surface area (Å²) in [6, 6.07) is 12.1. The number of carbonyl (C=O) groups is 1. The van der Waals surface area contributed by atoms with Crippen molar-refractivity contribution in [3.63, 3.8) is 0 Å². The van der Waals surface area contributed by atoms with Crippen molar-refractivity contribution in [1.82, 2.24) is 9.71 Å². The van der Waals surface area contributed by atoms with E-state index in [-0.39, 0.29) is 11.4 Å². The first-order chi connectivity index (χ1) is 11.1. The molecule has 2 aromatic rings. The van der Waals surface area contributed by atoms with E-state index in [2.05, 4.69) is 9.71 Å². The number of anilines is 1. The Hall–Kier alpha value is -2.45. The highest BCUT2D eigenvalue weighted by atomic mass is 32.2. The Morgan fingerprint density at radius 2 is 2.00 bits per heavy atom. The van der Waals surface area contributed by atoms with Crippen LogP contribution in [0.1, 0.15) is 0 Å². The Balaban J connectivity index is 1.63.